The summed E-state index contributed by atoms with van der Waals surface area (Å²) in [6.45, 7) is 0.879. The number of para-hydroxylation sites is 1. The van der Waals surface area contributed by atoms with Crippen LogP contribution in [0.3, 0.4) is 0 Å². The average molecular weight is 483 g/mol. The number of rotatable bonds is 11. The molecule has 0 aliphatic carbocycles. The van der Waals surface area contributed by atoms with Crippen molar-refractivity contribution in [2.45, 2.75) is 31.0 Å². The molecule has 0 spiro atoms. The molecule has 0 bridgehead atoms. The fourth-order valence-corrected chi connectivity index (χ4v) is 4.57. The molecule has 0 radical (unpaired) electrons. The average Bonchev–Trinajstić information content (AvgIpc) is 3.34. The Hall–Kier alpha value is -3.96. The molecule has 0 unspecified atom stereocenters. The van der Waals surface area contributed by atoms with E-state index in [-0.39, 0.29) is 5.91 Å². The standard InChI is InChI=1S/C27H26N6OS/c28-16-9-18-32(21-22-10-7-17-29-20-22)25(34)15-8-19-35-27-31-30-26(23-11-3-1-4-12-23)33(27)24-13-5-2-6-14-24/h1-7,10-14,17,20H,8-9,15,18-19,21H2. The first kappa shape index (κ1) is 24.2. The van der Waals surface area contributed by atoms with Gasteiger partial charge in [0.2, 0.25) is 5.91 Å². The normalized spacial score (nSPS) is 10.6. The Bertz CT molecular complexity index is 1260. The van der Waals surface area contributed by atoms with Crippen molar-refractivity contribution in [3.8, 4) is 23.1 Å². The van der Waals surface area contributed by atoms with E-state index in [1.807, 2.05) is 72.8 Å². The third kappa shape index (κ3) is 6.55. The highest BCUT2D eigenvalue weighted by atomic mass is 32.2. The molecule has 35 heavy (non-hydrogen) atoms. The van der Waals surface area contributed by atoms with Gasteiger partial charge in [0.15, 0.2) is 11.0 Å². The van der Waals surface area contributed by atoms with Gasteiger partial charge in [0.05, 0.1) is 12.5 Å². The van der Waals surface area contributed by atoms with Crippen molar-refractivity contribution in [1.29, 1.82) is 5.26 Å². The van der Waals surface area contributed by atoms with E-state index >= 15 is 0 Å². The second-order valence-electron chi connectivity index (χ2n) is 7.88. The van der Waals surface area contributed by atoms with Crippen molar-refractivity contribution in [3.63, 3.8) is 0 Å². The summed E-state index contributed by atoms with van der Waals surface area (Å²) in [5, 5.41) is 18.7. The molecule has 4 rings (SSSR count). The Labute approximate surface area is 209 Å². The molecule has 1 amide bonds. The summed E-state index contributed by atoms with van der Waals surface area (Å²) in [4.78, 5) is 18.8. The minimum atomic E-state index is 0.0409. The summed E-state index contributed by atoms with van der Waals surface area (Å²) < 4.78 is 2.06. The lowest BCUT2D eigenvalue weighted by Crippen LogP contribution is -2.31. The summed E-state index contributed by atoms with van der Waals surface area (Å²) in [5.41, 5.74) is 2.95. The number of aromatic nitrogens is 4. The third-order valence-corrected chi connectivity index (χ3v) is 6.40. The van der Waals surface area contributed by atoms with Crippen LogP contribution in [0.15, 0.2) is 90.3 Å². The number of amides is 1. The van der Waals surface area contributed by atoms with Gasteiger partial charge in [-0.25, -0.2) is 0 Å². The molecular formula is C27H26N6OS. The van der Waals surface area contributed by atoms with Gasteiger partial charge in [0.1, 0.15) is 0 Å². The van der Waals surface area contributed by atoms with E-state index in [1.54, 1.807) is 29.1 Å². The zero-order valence-electron chi connectivity index (χ0n) is 19.3. The van der Waals surface area contributed by atoms with Gasteiger partial charge in [-0.05, 0) is 30.2 Å². The monoisotopic (exact) mass is 482 g/mol. The van der Waals surface area contributed by atoms with E-state index in [1.165, 1.54) is 0 Å². The largest absolute Gasteiger partial charge is 0.337 e. The Kier molecular flexibility index (Phi) is 8.63. The Balaban J connectivity index is 1.41. The number of nitrogens with zero attached hydrogens (tertiary/aromatic N) is 6. The molecule has 2 heterocycles. The molecule has 0 atom stereocenters. The molecule has 7 nitrogen and oxygen atoms in total. The van der Waals surface area contributed by atoms with Gasteiger partial charge in [-0.2, -0.15) is 5.26 Å². The van der Waals surface area contributed by atoms with E-state index in [4.69, 9.17) is 5.26 Å². The van der Waals surface area contributed by atoms with Crippen LogP contribution in [0, 0.1) is 11.3 Å². The van der Waals surface area contributed by atoms with Crippen LogP contribution >= 0.6 is 11.8 Å². The van der Waals surface area contributed by atoms with Gasteiger partial charge in [0.25, 0.3) is 0 Å². The van der Waals surface area contributed by atoms with E-state index < -0.39 is 0 Å². The van der Waals surface area contributed by atoms with Crippen LogP contribution in [0.4, 0.5) is 0 Å². The van der Waals surface area contributed by atoms with E-state index in [9.17, 15) is 4.79 Å². The molecule has 8 heteroatoms. The highest BCUT2D eigenvalue weighted by Gasteiger charge is 2.17. The zero-order chi connectivity index (χ0) is 24.3. The van der Waals surface area contributed by atoms with Crippen LogP contribution < -0.4 is 0 Å². The van der Waals surface area contributed by atoms with Crippen molar-refractivity contribution in [2.75, 3.05) is 12.3 Å². The lowest BCUT2D eigenvalue weighted by Gasteiger charge is -2.21. The second-order valence-corrected chi connectivity index (χ2v) is 8.94. The summed E-state index contributed by atoms with van der Waals surface area (Å²) in [5.74, 6) is 1.55. The van der Waals surface area contributed by atoms with Crippen molar-refractivity contribution < 1.29 is 4.79 Å². The predicted octanol–water partition coefficient (Wildman–Crippen LogP) is 5.14. The van der Waals surface area contributed by atoms with Crippen LogP contribution in [0.5, 0.6) is 0 Å². The van der Waals surface area contributed by atoms with Crippen LogP contribution in [-0.2, 0) is 11.3 Å². The highest BCUT2D eigenvalue weighted by Crippen LogP contribution is 2.28. The number of nitriles is 1. The molecule has 176 valence electrons. The molecule has 2 aromatic carbocycles. The summed E-state index contributed by atoms with van der Waals surface area (Å²) in [6.07, 6.45) is 4.87. The van der Waals surface area contributed by atoms with Gasteiger partial charge >= 0.3 is 0 Å². The smallest absolute Gasteiger partial charge is 0.222 e. The minimum absolute atomic E-state index is 0.0409. The van der Waals surface area contributed by atoms with Crippen LogP contribution in [-0.4, -0.2) is 42.9 Å². The van der Waals surface area contributed by atoms with Crippen LogP contribution in [0.25, 0.3) is 17.1 Å². The topological polar surface area (TPSA) is 87.7 Å². The molecular weight excluding hydrogens is 456 g/mol. The lowest BCUT2D eigenvalue weighted by atomic mass is 10.2. The number of benzene rings is 2. The molecule has 0 saturated carbocycles. The molecule has 0 fully saturated rings. The van der Waals surface area contributed by atoms with E-state index in [2.05, 4.69) is 25.8 Å². The van der Waals surface area contributed by atoms with Crippen LogP contribution in [0.1, 0.15) is 24.8 Å². The second kappa shape index (κ2) is 12.5. The molecule has 0 N–H and O–H groups in total. The number of carbonyl (C=O) groups is 1. The Morgan fingerprint density at radius 2 is 1.77 bits per heavy atom. The fraction of sp³-hybridized carbons (Fsp3) is 0.222. The van der Waals surface area contributed by atoms with Gasteiger partial charge < -0.3 is 4.90 Å². The number of hydrogen-bond donors (Lipinski definition) is 0. The van der Waals surface area contributed by atoms with Crippen molar-refractivity contribution in [2.24, 2.45) is 0 Å². The highest BCUT2D eigenvalue weighted by molar-refractivity contribution is 7.99. The van der Waals surface area contributed by atoms with Crippen molar-refractivity contribution in [3.05, 3.63) is 90.8 Å². The van der Waals surface area contributed by atoms with Gasteiger partial charge in [0, 0.05) is 48.9 Å². The van der Waals surface area contributed by atoms with Crippen molar-refractivity contribution >= 4 is 17.7 Å². The molecule has 0 aliphatic heterocycles. The zero-order valence-corrected chi connectivity index (χ0v) is 20.1. The Morgan fingerprint density at radius 3 is 2.49 bits per heavy atom. The predicted molar refractivity (Wildman–Crippen MR) is 137 cm³/mol. The van der Waals surface area contributed by atoms with Crippen molar-refractivity contribution in [1.82, 2.24) is 24.6 Å². The quantitative estimate of drug-likeness (QED) is 0.217. The molecule has 0 aliphatic rings. The fourth-order valence-electron chi connectivity index (χ4n) is 3.68. The summed E-state index contributed by atoms with van der Waals surface area (Å²) in [7, 11) is 0. The number of carbonyl (C=O) groups excluding carboxylic acids is 1. The first-order valence-corrected chi connectivity index (χ1v) is 12.5. The maximum absolute atomic E-state index is 12.9. The first-order chi connectivity index (χ1) is 17.3. The molecule has 4 aromatic rings. The molecule has 2 aromatic heterocycles. The number of pyridine rings is 1. The first-order valence-electron chi connectivity index (χ1n) is 11.5. The number of thioether (sulfide) groups is 1. The van der Waals surface area contributed by atoms with E-state index in [0.717, 1.165) is 33.5 Å². The van der Waals surface area contributed by atoms with Gasteiger partial charge in [-0.1, -0.05) is 66.4 Å². The van der Waals surface area contributed by atoms with Crippen LogP contribution in [0.2, 0.25) is 0 Å². The lowest BCUT2D eigenvalue weighted by molar-refractivity contribution is -0.131. The van der Waals surface area contributed by atoms with Gasteiger partial charge in [-0.3, -0.25) is 14.3 Å². The maximum Gasteiger partial charge on any atom is 0.222 e. The number of hydrogen-bond acceptors (Lipinski definition) is 6. The molecule has 0 saturated heterocycles. The van der Waals surface area contributed by atoms with E-state index in [0.29, 0.717) is 32.4 Å². The summed E-state index contributed by atoms with van der Waals surface area (Å²) in [6, 6.07) is 26.0. The minimum Gasteiger partial charge on any atom is -0.337 e. The third-order valence-electron chi connectivity index (χ3n) is 5.39. The SMILES string of the molecule is N#CCCN(Cc1cccnc1)C(=O)CCCSc1nnc(-c2ccccc2)n1-c1ccccc1. The van der Waals surface area contributed by atoms with Gasteiger partial charge in [-0.15, -0.1) is 10.2 Å². The maximum atomic E-state index is 12.9. The summed E-state index contributed by atoms with van der Waals surface area (Å²) >= 11 is 1.59. The Morgan fingerprint density at radius 1 is 1.00 bits per heavy atom.